The molecule has 1 saturated carbocycles. The van der Waals surface area contributed by atoms with Gasteiger partial charge < -0.3 is 15.0 Å². The summed E-state index contributed by atoms with van der Waals surface area (Å²) < 4.78 is 33.0. The van der Waals surface area contributed by atoms with Crippen LogP contribution in [0.15, 0.2) is 46.7 Å². The molecule has 1 N–H and O–H groups in total. The van der Waals surface area contributed by atoms with Gasteiger partial charge in [0.25, 0.3) is 0 Å². The topological polar surface area (TPSA) is 78.9 Å². The van der Waals surface area contributed by atoms with E-state index >= 15 is 0 Å². The molecular formula is C27H39N3O4S2. The average molecular weight is 534 g/mol. The molecule has 1 aliphatic carbocycles. The van der Waals surface area contributed by atoms with E-state index in [0.717, 1.165) is 18.4 Å². The SMILES string of the molecule is Cc1ccc(S(=O)(=O)N2CCC(OCC(=O)NCC3CCC(C(c4cccs4)N(C)C)CC3)C2)cc1. The molecule has 9 heteroatoms. The number of rotatable bonds is 10. The van der Waals surface area contributed by atoms with E-state index in [2.05, 4.69) is 41.8 Å². The minimum Gasteiger partial charge on any atom is -0.367 e. The van der Waals surface area contributed by atoms with Crippen LogP contribution in [0.4, 0.5) is 0 Å². The van der Waals surface area contributed by atoms with Crippen LogP contribution in [0, 0.1) is 18.8 Å². The number of aryl methyl sites for hydroxylation is 1. The predicted molar refractivity (Wildman–Crippen MR) is 143 cm³/mol. The van der Waals surface area contributed by atoms with E-state index in [4.69, 9.17) is 4.74 Å². The van der Waals surface area contributed by atoms with Crippen LogP contribution in [-0.4, -0.2) is 70.0 Å². The Labute approximate surface area is 219 Å². The maximum Gasteiger partial charge on any atom is 0.246 e. The Morgan fingerprint density at radius 2 is 1.86 bits per heavy atom. The highest BCUT2D eigenvalue weighted by Crippen LogP contribution is 2.40. The van der Waals surface area contributed by atoms with Crippen molar-refractivity contribution in [1.82, 2.24) is 14.5 Å². The number of carbonyl (C=O) groups excluding carboxylic acids is 1. The molecule has 7 nitrogen and oxygen atoms in total. The molecule has 0 bridgehead atoms. The fraction of sp³-hybridized carbons (Fsp3) is 0.593. The molecule has 1 aliphatic heterocycles. The zero-order valence-electron chi connectivity index (χ0n) is 21.6. The van der Waals surface area contributed by atoms with Gasteiger partial charge in [-0.15, -0.1) is 11.3 Å². The Hall–Kier alpha value is -1.78. The first-order valence-electron chi connectivity index (χ1n) is 12.9. The highest BCUT2D eigenvalue weighted by Gasteiger charge is 2.34. The monoisotopic (exact) mass is 533 g/mol. The van der Waals surface area contributed by atoms with Crippen molar-refractivity contribution < 1.29 is 17.9 Å². The molecule has 4 rings (SSSR count). The summed E-state index contributed by atoms with van der Waals surface area (Å²) in [7, 11) is 0.798. The summed E-state index contributed by atoms with van der Waals surface area (Å²) in [6.07, 6.45) is 4.92. The van der Waals surface area contributed by atoms with E-state index in [0.29, 0.717) is 42.3 Å². The van der Waals surface area contributed by atoms with Crippen molar-refractivity contribution in [3.8, 4) is 0 Å². The van der Waals surface area contributed by atoms with E-state index in [1.165, 1.54) is 22.0 Å². The predicted octanol–water partition coefficient (Wildman–Crippen LogP) is 4.06. The maximum atomic E-state index is 12.9. The third kappa shape index (κ3) is 6.75. The number of nitrogens with zero attached hydrogens (tertiary/aromatic N) is 2. The molecule has 2 aliphatic rings. The zero-order valence-corrected chi connectivity index (χ0v) is 23.2. The smallest absolute Gasteiger partial charge is 0.246 e. The van der Waals surface area contributed by atoms with Crippen LogP contribution in [0.5, 0.6) is 0 Å². The number of sulfonamides is 1. The van der Waals surface area contributed by atoms with Crippen molar-refractivity contribution in [3.05, 3.63) is 52.2 Å². The summed E-state index contributed by atoms with van der Waals surface area (Å²) in [5.74, 6) is 1.02. The Kier molecular flexibility index (Phi) is 9.22. The third-order valence-corrected chi connectivity index (χ3v) is 10.4. The van der Waals surface area contributed by atoms with E-state index in [1.54, 1.807) is 24.3 Å². The third-order valence-electron chi connectivity index (χ3n) is 7.53. The van der Waals surface area contributed by atoms with Gasteiger partial charge in [0, 0.05) is 30.6 Å². The molecule has 36 heavy (non-hydrogen) atoms. The highest BCUT2D eigenvalue weighted by molar-refractivity contribution is 7.89. The normalized spacial score (nSPS) is 24.2. The summed E-state index contributed by atoms with van der Waals surface area (Å²) in [5, 5.41) is 5.19. The van der Waals surface area contributed by atoms with Gasteiger partial charge in [0.2, 0.25) is 15.9 Å². The summed E-state index contributed by atoms with van der Waals surface area (Å²) >= 11 is 1.84. The minimum absolute atomic E-state index is 0.0283. The van der Waals surface area contributed by atoms with Crippen LogP contribution < -0.4 is 5.32 Å². The Balaban J connectivity index is 1.16. The maximum absolute atomic E-state index is 12.9. The fourth-order valence-corrected chi connectivity index (χ4v) is 7.99. The number of thiophene rings is 1. The summed E-state index contributed by atoms with van der Waals surface area (Å²) in [6, 6.07) is 11.7. The molecule has 1 saturated heterocycles. The number of benzene rings is 1. The van der Waals surface area contributed by atoms with E-state index < -0.39 is 10.0 Å². The van der Waals surface area contributed by atoms with Crippen LogP contribution in [0.25, 0.3) is 0 Å². The molecule has 2 aromatic rings. The average Bonchev–Trinajstić information content (AvgIpc) is 3.55. The fourth-order valence-electron chi connectivity index (χ4n) is 5.49. The van der Waals surface area contributed by atoms with Gasteiger partial charge in [0.1, 0.15) is 6.61 Å². The van der Waals surface area contributed by atoms with Crippen LogP contribution >= 0.6 is 11.3 Å². The van der Waals surface area contributed by atoms with Gasteiger partial charge >= 0.3 is 0 Å². The van der Waals surface area contributed by atoms with Crippen LogP contribution in [-0.2, 0) is 19.6 Å². The molecule has 1 aromatic carbocycles. The molecule has 2 fully saturated rings. The first-order chi connectivity index (χ1) is 17.2. The molecule has 2 heterocycles. The summed E-state index contributed by atoms with van der Waals surface area (Å²) in [6.45, 7) is 3.27. The second kappa shape index (κ2) is 12.2. The Morgan fingerprint density at radius 3 is 2.50 bits per heavy atom. The van der Waals surface area contributed by atoms with Crippen molar-refractivity contribution in [2.24, 2.45) is 11.8 Å². The summed E-state index contributed by atoms with van der Waals surface area (Å²) in [4.78, 5) is 16.5. The molecule has 0 spiro atoms. The number of amides is 1. The number of nitrogens with one attached hydrogen (secondary N) is 1. The van der Waals surface area contributed by atoms with Crippen molar-refractivity contribution in [1.29, 1.82) is 0 Å². The number of hydrogen-bond donors (Lipinski definition) is 1. The quantitative estimate of drug-likeness (QED) is 0.498. The molecule has 1 aromatic heterocycles. The number of hydrogen-bond acceptors (Lipinski definition) is 6. The first-order valence-corrected chi connectivity index (χ1v) is 15.2. The van der Waals surface area contributed by atoms with Crippen molar-refractivity contribution >= 4 is 27.3 Å². The molecular weight excluding hydrogens is 494 g/mol. The molecule has 0 radical (unpaired) electrons. The van der Waals surface area contributed by atoms with Crippen LogP contribution in [0.3, 0.4) is 0 Å². The van der Waals surface area contributed by atoms with Gasteiger partial charge in [-0.1, -0.05) is 23.8 Å². The lowest BCUT2D eigenvalue weighted by molar-refractivity contribution is -0.127. The minimum atomic E-state index is -3.53. The van der Waals surface area contributed by atoms with Crippen molar-refractivity contribution in [2.45, 2.75) is 56.1 Å². The van der Waals surface area contributed by atoms with Gasteiger partial charge in [-0.25, -0.2) is 8.42 Å². The highest BCUT2D eigenvalue weighted by atomic mass is 32.2. The Bertz CT molecular complexity index is 1080. The first kappa shape index (κ1) is 27.3. The molecule has 198 valence electrons. The van der Waals surface area contributed by atoms with Crippen LogP contribution in [0.2, 0.25) is 0 Å². The molecule has 2 unspecified atom stereocenters. The summed E-state index contributed by atoms with van der Waals surface area (Å²) in [5.41, 5.74) is 1.02. The van der Waals surface area contributed by atoms with Gasteiger partial charge in [0.05, 0.1) is 11.0 Å². The van der Waals surface area contributed by atoms with Gasteiger partial charge in [-0.2, -0.15) is 4.31 Å². The van der Waals surface area contributed by atoms with E-state index in [1.807, 2.05) is 18.3 Å². The second-order valence-corrected chi connectivity index (χ2v) is 13.3. The van der Waals surface area contributed by atoms with Crippen LogP contribution in [0.1, 0.15) is 48.6 Å². The number of ether oxygens (including phenoxy) is 1. The second-order valence-electron chi connectivity index (χ2n) is 10.4. The lowest BCUT2D eigenvalue weighted by Gasteiger charge is -2.37. The Morgan fingerprint density at radius 1 is 1.14 bits per heavy atom. The van der Waals surface area contributed by atoms with Gasteiger partial charge in [-0.05, 0) is 88.5 Å². The molecule has 2 atom stereocenters. The standard InChI is InChI=1S/C27H39N3O4S2/c1-20-6-12-24(13-7-20)36(32,33)30-15-14-23(18-30)34-19-26(31)28-17-21-8-10-22(11-9-21)27(29(2)3)25-5-4-16-35-25/h4-7,12-13,16,21-23,27H,8-11,14-15,17-19H2,1-3H3,(H,28,31). The van der Waals surface area contributed by atoms with Gasteiger partial charge in [0.15, 0.2) is 0 Å². The molecule has 1 amide bonds. The number of carbonyl (C=O) groups is 1. The van der Waals surface area contributed by atoms with E-state index in [9.17, 15) is 13.2 Å². The largest absolute Gasteiger partial charge is 0.367 e. The van der Waals surface area contributed by atoms with Crippen molar-refractivity contribution in [2.75, 3.05) is 40.3 Å². The zero-order chi connectivity index (χ0) is 25.7. The lowest BCUT2D eigenvalue weighted by atomic mass is 9.77. The lowest BCUT2D eigenvalue weighted by Crippen LogP contribution is -2.36. The van der Waals surface area contributed by atoms with Gasteiger partial charge in [-0.3, -0.25) is 4.79 Å². The van der Waals surface area contributed by atoms with E-state index in [-0.39, 0.29) is 25.2 Å². The van der Waals surface area contributed by atoms with Crippen molar-refractivity contribution in [3.63, 3.8) is 0 Å².